The van der Waals surface area contributed by atoms with Crippen LogP contribution in [0, 0.1) is 0 Å². The van der Waals surface area contributed by atoms with Crippen LogP contribution < -0.4 is 5.32 Å². The minimum atomic E-state index is -0.235. The maximum Gasteiger partial charge on any atom is 0.254 e. The first kappa shape index (κ1) is 19.2. The molecule has 2 amide bonds. The Balaban J connectivity index is 1.85. The highest BCUT2D eigenvalue weighted by Crippen LogP contribution is 2.23. The van der Waals surface area contributed by atoms with Crippen molar-refractivity contribution < 1.29 is 14.1 Å². The molecule has 0 unspecified atom stereocenters. The zero-order valence-electron chi connectivity index (χ0n) is 16.0. The van der Waals surface area contributed by atoms with Gasteiger partial charge in [-0.3, -0.25) is 14.6 Å². The number of aromatic nitrogens is 3. The van der Waals surface area contributed by atoms with Gasteiger partial charge < -0.3 is 14.7 Å². The lowest BCUT2D eigenvalue weighted by Crippen LogP contribution is -2.26. The summed E-state index contributed by atoms with van der Waals surface area (Å²) in [5.41, 5.74) is 2.13. The van der Waals surface area contributed by atoms with E-state index in [0.29, 0.717) is 40.5 Å². The summed E-state index contributed by atoms with van der Waals surface area (Å²) in [7, 11) is 3.24. The molecule has 1 N–H and O–H groups in total. The van der Waals surface area contributed by atoms with Gasteiger partial charge in [0.2, 0.25) is 5.89 Å². The average Bonchev–Trinajstić information content (AvgIpc) is 3.20. The molecule has 0 aliphatic carbocycles. The van der Waals surface area contributed by atoms with Gasteiger partial charge in [-0.2, -0.15) is 4.98 Å². The zero-order chi connectivity index (χ0) is 20.1. The number of nitrogens with zero attached hydrogens (tertiary/aromatic N) is 4. The predicted octanol–water partition coefficient (Wildman–Crippen LogP) is 2.33. The monoisotopic (exact) mass is 379 g/mol. The van der Waals surface area contributed by atoms with Crippen LogP contribution in [0.4, 0.5) is 0 Å². The molecule has 1 aromatic carbocycles. The van der Waals surface area contributed by atoms with Gasteiger partial charge in [0.1, 0.15) is 0 Å². The number of hydrogen-bond donors (Lipinski definition) is 1. The van der Waals surface area contributed by atoms with Crippen molar-refractivity contribution in [1.29, 1.82) is 0 Å². The van der Waals surface area contributed by atoms with Gasteiger partial charge >= 0.3 is 0 Å². The van der Waals surface area contributed by atoms with Crippen molar-refractivity contribution in [2.45, 2.75) is 19.9 Å². The Bertz CT molecular complexity index is 999. The molecule has 3 aromatic rings. The Morgan fingerprint density at radius 2 is 2.04 bits per heavy atom. The van der Waals surface area contributed by atoms with Gasteiger partial charge in [-0.25, -0.2) is 0 Å². The molecule has 0 bridgehead atoms. The Morgan fingerprint density at radius 1 is 1.21 bits per heavy atom. The number of benzene rings is 1. The first-order chi connectivity index (χ1) is 13.5. The molecule has 8 nitrogen and oxygen atoms in total. The number of rotatable bonds is 6. The second-order valence-corrected chi connectivity index (χ2v) is 6.18. The smallest absolute Gasteiger partial charge is 0.254 e. The van der Waals surface area contributed by atoms with Crippen LogP contribution in [0.3, 0.4) is 0 Å². The molecule has 0 aliphatic rings. The summed E-state index contributed by atoms with van der Waals surface area (Å²) in [6, 6.07) is 10.4. The first-order valence-corrected chi connectivity index (χ1v) is 8.88. The van der Waals surface area contributed by atoms with Crippen molar-refractivity contribution in [2.24, 2.45) is 0 Å². The molecule has 0 radical (unpaired) electrons. The van der Waals surface area contributed by atoms with Crippen LogP contribution in [0.1, 0.15) is 39.4 Å². The quantitative estimate of drug-likeness (QED) is 0.705. The number of nitrogens with one attached hydrogen (secondary N) is 1. The molecule has 0 aliphatic heterocycles. The van der Waals surface area contributed by atoms with Gasteiger partial charge in [0.05, 0.1) is 17.8 Å². The van der Waals surface area contributed by atoms with E-state index in [1.54, 1.807) is 50.6 Å². The van der Waals surface area contributed by atoms with Crippen LogP contribution in [-0.4, -0.2) is 45.9 Å². The van der Waals surface area contributed by atoms with E-state index in [-0.39, 0.29) is 18.4 Å². The van der Waals surface area contributed by atoms with Crippen molar-refractivity contribution in [3.05, 3.63) is 65.4 Å². The third-order valence-electron chi connectivity index (χ3n) is 4.20. The Labute approximate surface area is 162 Å². The van der Waals surface area contributed by atoms with E-state index in [4.69, 9.17) is 4.52 Å². The molecule has 3 rings (SSSR count). The fourth-order valence-corrected chi connectivity index (χ4v) is 2.76. The summed E-state index contributed by atoms with van der Waals surface area (Å²) < 4.78 is 5.08. The number of carbonyl (C=O) groups is 2. The summed E-state index contributed by atoms with van der Waals surface area (Å²) in [4.78, 5) is 35.0. The largest absolute Gasteiger partial charge is 0.355 e. The molecule has 2 heterocycles. The second-order valence-electron chi connectivity index (χ2n) is 6.18. The van der Waals surface area contributed by atoms with Crippen molar-refractivity contribution >= 4 is 11.8 Å². The van der Waals surface area contributed by atoms with E-state index in [9.17, 15) is 9.59 Å². The average molecular weight is 379 g/mol. The van der Waals surface area contributed by atoms with Gasteiger partial charge in [0, 0.05) is 37.8 Å². The minimum absolute atomic E-state index is 0.192. The maximum atomic E-state index is 12.8. The summed E-state index contributed by atoms with van der Waals surface area (Å²) >= 11 is 0. The summed E-state index contributed by atoms with van der Waals surface area (Å²) in [5.74, 6) is 0.563. The normalized spacial score (nSPS) is 10.5. The van der Waals surface area contributed by atoms with Gasteiger partial charge in [-0.15, -0.1) is 0 Å². The van der Waals surface area contributed by atoms with Gasteiger partial charge in [0.15, 0.2) is 5.82 Å². The summed E-state index contributed by atoms with van der Waals surface area (Å²) in [6.07, 6.45) is 2.26. The molecule has 2 aromatic heterocycles. The second kappa shape index (κ2) is 8.43. The van der Waals surface area contributed by atoms with E-state index in [1.165, 1.54) is 4.90 Å². The van der Waals surface area contributed by atoms with E-state index in [0.717, 1.165) is 0 Å². The van der Waals surface area contributed by atoms with E-state index >= 15 is 0 Å². The molecule has 0 fully saturated rings. The van der Waals surface area contributed by atoms with Crippen molar-refractivity contribution in [3.8, 4) is 11.3 Å². The Hall–Kier alpha value is -3.55. The summed E-state index contributed by atoms with van der Waals surface area (Å²) in [6.45, 7) is 2.15. The fourth-order valence-electron chi connectivity index (χ4n) is 2.76. The van der Waals surface area contributed by atoms with Gasteiger partial charge in [-0.1, -0.05) is 24.2 Å². The van der Waals surface area contributed by atoms with Gasteiger partial charge in [0.25, 0.3) is 11.8 Å². The SMILES string of the molecule is CCc1nc(CN(C)C(=O)c2cccc(-c3ncccc3C(=O)NC)c2)no1. The van der Waals surface area contributed by atoms with E-state index < -0.39 is 0 Å². The maximum absolute atomic E-state index is 12.8. The third kappa shape index (κ3) is 4.06. The first-order valence-electron chi connectivity index (χ1n) is 8.88. The van der Waals surface area contributed by atoms with Crippen LogP contribution in [0.2, 0.25) is 0 Å². The van der Waals surface area contributed by atoms with Crippen LogP contribution in [-0.2, 0) is 13.0 Å². The molecule has 0 spiro atoms. The molecule has 28 heavy (non-hydrogen) atoms. The highest BCUT2D eigenvalue weighted by atomic mass is 16.5. The molecule has 144 valence electrons. The fraction of sp³-hybridized carbons (Fsp3) is 0.250. The minimum Gasteiger partial charge on any atom is -0.355 e. The standard InChI is InChI=1S/C20H21N5O3/c1-4-17-23-16(24-28-17)12-25(3)20(27)14-8-5-7-13(11-14)18-15(19(26)21-2)9-6-10-22-18/h5-11H,4,12H2,1-3H3,(H,21,26). The molecule has 8 heteroatoms. The van der Waals surface area contributed by atoms with Crippen LogP contribution >= 0.6 is 0 Å². The van der Waals surface area contributed by atoms with Crippen molar-refractivity contribution in [1.82, 2.24) is 25.3 Å². The molecule has 0 atom stereocenters. The molecule has 0 saturated carbocycles. The third-order valence-corrected chi connectivity index (χ3v) is 4.20. The number of hydrogen-bond acceptors (Lipinski definition) is 6. The van der Waals surface area contributed by atoms with E-state index in [1.807, 2.05) is 13.0 Å². The Kier molecular flexibility index (Phi) is 5.78. The lowest BCUT2D eigenvalue weighted by Gasteiger charge is -2.16. The van der Waals surface area contributed by atoms with Crippen molar-refractivity contribution in [3.63, 3.8) is 0 Å². The Morgan fingerprint density at radius 3 is 2.75 bits per heavy atom. The number of pyridine rings is 1. The lowest BCUT2D eigenvalue weighted by molar-refractivity contribution is 0.0780. The van der Waals surface area contributed by atoms with Gasteiger partial charge in [-0.05, 0) is 24.3 Å². The molecule has 0 saturated heterocycles. The van der Waals surface area contributed by atoms with Crippen LogP contribution in [0.25, 0.3) is 11.3 Å². The highest BCUT2D eigenvalue weighted by molar-refractivity contribution is 6.00. The van der Waals surface area contributed by atoms with Crippen LogP contribution in [0.15, 0.2) is 47.1 Å². The zero-order valence-corrected chi connectivity index (χ0v) is 16.0. The number of aryl methyl sites for hydroxylation is 1. The molecular formula is C20H21N5O3. The number of amides is 2. The topological polar surface area (TPSA) is 101 Å². The van der Waals surface area contributed by atoms with Crippen LogP contribution in [0.5, 0.6) is 0 Å². The highest BCUT2D eigenvalue weighted by Gasteiger charge is 2.18. The number of carbonyl (C=O) groups excluding carboxylic acids is 2. The lowest BCUT2D eigenvalue weighted by atomic mass is 10.0. The van der Waals surface area contributed by atoms with Crippen molar-refractivity contribution in [2.75, 3.05) is 14.1 Å². The summed E-state index contributed by atoms with van der Waals surface area (Å²) in [5, 5.41) is 6.48. The predicted molar refractivity (Wildman–Crippen MR) is 103 cm³/mol. The van der Waals surface area contributed by atoms with E-state index in [2.05, 4.69) is 20.4 Å². The molecular weight excluding hydrogens is 358 g/mol.